The van der Waals surface area contributed by atoms with Crippen LogP contribution in [-0.2, 0) is 0 Å². The van der Waals surface area contributed by atoms with Crippen LogP contribution in [0.3, 0.4) is 0 Å². The number of amides is 1. The molecule has 104 valence electrons. The zero-order chi connectivity index (χ0) is 14.5. The third-order valence-corrected chi connectivity index (χ3v) is 2.81. The molecule has 1 amide bonds. The number of carbonyl (C=O) groups is 1. The van der Waals surface area contributed by atoms with E-state index in [0.717, 1.165) is 0 Å². The Balaban J connectivity index is 2.28. The van der Waals surface area contributed by atoms with E-state index in [1.54, 1.807) is 12.1 Å². The molecule has 1 aromatic carbocycles. The summed E-state index contributed by atoms with van der Waals surface area (Å²) in [6.07, 6.45) is 1.50. The van der Waals surface area contributed by atoms with Crippen molar-refractivity contribution in [3.63, 3.8) is 0 Å². The van der Waals surface area contributed by atoms with E-state index in [1.165, 1.54) is 24.4 Å². The maximum absolute atomic E-state index is 13.7. The summed E-state index contributed by atoms with van der Waals surface area (Å²) in [7, 11) is 0. The molecule has 0 spiro atoms. The molecule has 20 heavy (non-hydrogen) atoms. The van der Waals surface area contributed by atoms with Crippen LogP contribution in [0.15, 0.2) is 36.5 Å². The second-order valence-electron chi connectivity index (χ2n) is 3.83. The molecule has 4 nitrogen and oxygen atoms in total. The van der Waals surface area contributed by atoms with Gasteiger partial charge >= 0.3 is 0 Å². The van der Waals surface area contributed by atoms with E-state index in [4.69, 9.17) is 16.3 Å². The van der Waals surface area contributed by atoms with Crippen LogP contribution in [0.4, 0.5) is 10.2 Å². The predicted molar refractivity (Wildman–Crippen MR) is 74.8 cm³/mol. The standard InChI is InChI=1S/C14H12ClFN2O2/c1-2-20-11-7-4-8-17-13(11)18-14(19)12-9(15)5-3-6-10(12)16/h3-8H,2H2,1H3,(H,17,18,19). The van der Waals surface area contributed by atoms with Crippen LogP contribution in [-0.4, -0.2) is 17.5 Å². The number of pyridine rings is 1. The fourth-order valence-corrected chi connectivity index (χ4v) is 1.89. The summed E-state index contributed by atoms with van der Waals surface area (Å²) in [6, 6.07) is 7.39. The SMILES string of the molecule is CCOc1cccnc1NC(=O)c1c(F)cccc1Cl. The Kier molecular flexibility index (Phi) is 4.53. The summed E-state index contributed by atoms with van der Waals surface area (Å²) in [4.78, 5) is 16.1. The van der Waals surface area contributed by atoms with Gasteiger partial charge in [0, 0.05) is 6.20 Å². The first-order chi connectivity index (χ1) is 9.63. The molecule has 1 N–H and O–H groups in total. The molecule has 2 aromatic rings. The van der Waals surface area contributed by atoms with E-state index in [-0.39, 0.29) is 16.4 Å². The molecule has 1 aromatic heterocycles. The van der Waals surface area contributed by atoms with E-state index >= 15 is 0 Å². The van der Waals surface area contributed by atoms with Crippen LogP contribution in [0.1, 0.15) is 17.3 Å². The quantitative estimate of drug-likeness (QED) is 0.938. The van der Waals surface area contributed by atoms with Gasteiger partial charge in [0.15, 0.2) is 11.6 Å². The van der Waals surface area contributed by atoms with Crippen LogP contribution >= 0.6 is 11.6 Å². The average molecular weight is 295 g/mol. The van der Waals surface area contributed by atoms with Crippen molar-refractivity contribution < 1.29 is 13.9 Å². The molecule has 6 heteroatoms. The Bertz CT molecular complexity index is 614. The second kappa shape index (κ2) is 6.34. The lowest BCUT2D eigenvalue weighted by molar-refractivity contribution is 0.102. The van der Waals surface area contributed by atoms with Crippen LogP contribution in [0, 0.1) is 5.82 Å². The minimum Gasteiger partial charge on any atom is -0.490 e. The highest BCUT2D eigenvalue weighted by Crippen LogP contribution is 2.24. The van der Waals surface area contributed by atoms with Crippen LogP contribution < -0.4 is 10.1 Å². The molecule has 0 bridgehead atoms. The molecule has 0 aliphatic rings. The second-order valence-corrected chi connectivity index (χ2v) is 4.24. The normalized spacial score (nSPS) is 10.2. The molecular weight excluding hydrogens is 283 g/mol. The zero-order valence-corrected chi connectivity index (χ0v) is 11.4. The monoisotopic (exact) mass is 294 g/mol. The molecule has 1 heterocycles. The van der Waals surface area contributed by atoms with E-state index in [9.17, 15) is 9.18 Å². The van der Waals surface area contributed by atoms with Crippen molar-refractivity contribution >= 4 is 23.3 Å². The summed E-state index contributed by atoms with van der Waals surface area (Å²) in [5, 5.41) is 2.53. The van der Waals surface area contributed by atoms with Gasteiger partial charge in [-0.05, 0) is 31.2 Å². The first kappa shape index (κ1) is 14.3. The Hall–Kier alpha value is -2.14. The summed E-state index contributed by atoms with van der Waals surface area (Å²) in [6.45, 7) is 2.24. The van der Waals surface area contributed by atoms with Gasteiger partial charge in [0.05, 0.1) is 17.2 Å². The van der Waals surface area contributed by atoms with Crippen molar-refractivity contribution in [3.05, 3.63) is 52.9 Å². The van der Waals surface area contributed by atoms with Crippen molar-refractivity contribution in [2.75, 3.05) is 11.9 Å². The summed E-state index contributed by atoms with van der Waals surface area (Å²) >= 11 is 5.84. The Labute approximate surface area is 120 Å². The number of halogens is 2. The van der Waals surface area contributed by atoms with Crippen molar-refractivity contribution in [1.29, 1.82) is 0 Å². The number of nitrogens with zero attached hydrogens (tertiary/aromatic N) is 1. The minimum absolute atomic E-state index is 0.0383. The number of ether oxygens (including phenoxy) is 1. The van der Waals surface area contributed by atoms with E-state index < -0.39 is 11.7 Å². The van der Waals surface area contributed by atoms with Gasteiger partial charge in [0.1, 0.15) is 5.82 Å². The van der Waals surface area contributed by atoms with Crippen molar-refractivity contribution in [2.45, 2.75) is 6.92 Å². The van der Waals surface area contributed by atoms with Gasteiger partial charge in [-0.3, -0.25) is 4.79 Å². The summed E-state index contributed by atoms with van der Waals surface area (Å²) < 4.78 is 19.0. The molecule has 0 saturated heterocycles. The van der Waals surface area contributed by atoms with Crippen LogP contribution in [0.5, 0.6) is 5.75 Å². The van der Waals surface area contributed by atoms with Gasteiger partial charge in [0.25, 0.3) is 5.91 Å². The smallest absolute Gasteiger partial charge is 0.261 e. The van der Waals surface area contributed by atoms with Gasteiger partial charge < -0.3 is 10.1 Å². The van der Waals surface area contributed by atoms with Crippen LogP contribution in [0.25, 0.3) is 0 Å². The molecule has 0 fully saturated rings. The molecule has 0 aliphatic carbocycles. The first-order valence-electron chi connectivity index (χ1n) is 5.96. The van der Waals surface area contributed by atoms with E-state index in [1.807, 2.05) is 6.92 Å². The number of rotatable bonds is 4. The van der Waals surface area contributed by atoms with Gasteiger partial charge in [0.2, 0.25) is 0 Å². The Morgan fingerprint density at radius 3 is 2.90 bits per heavy atom. The lowest BCUT2D eigenvalue weighted by Gasteiger charge is -2.11. The first-order valence-corrected chi connectivity index (χ1v) is 6.34. The highest BCUT2D eigenvalue weighted by Gasteiger charge is 2.17. The summed E-state index contributed by atoms with van der Waals surface area (Å²) in [5.74, 6) is -0.730. The largest absolute Gasteiger partial charge is 0.490 e. The molecular formula is C14H12ClFN2O2. The molecule has 2 rings (SSSR count). The number of hydrogen-bond donors (Lipinski definition) is 1. The molecule has 0 saturated carbocycles. The fourth-order valence-electron chi connectivity index (χ4n) is 1.64. The maximum Gasteiger partial charge on any atom is 0.261 e. The molecule has 0 radical (unpaired) electrons. The molecule has 0 atom stereocenters. The maximum atomic E-state index is 13.7. The highest BCUT2D eigenvalue weighted by molar-refractivity contribution is 6.34. The molecule has 0 aliphatic heterocycles. The fraction of sp³-hybridized carbons (Fsp3) is 0.143. The third kappa shape index (κ3) is 3.05. The zero-order valence-electron chi connectivity index (χ0n) is 10.7. The highest BCUT2D eigenvalue weighted by atomic mass is 35.5. The van der Waals surface area contributed by atoms with Gasteiger partial charge in [-0.25, -0.2) is 9.37 Å². The number of anilines is 1. The number of nitrogens with one attached hydrogen (secondary N) is 1. The summed E-state index contributed by atoms with van der Waals surface area (Å²) in [5.41, 5.74) is -0.220. The van der Waals surface area contributed by atoms with Crippen LogP contribution in [0.2, 0.25) is 5.02 Å². The lowest BCUT2D eigenvalue weighted by Crippen LogP contribution is -2.16. The van der Waals surface area contributed by atoms with Gasteiger partial charge in [-0.2, -0.15) is 0 Å². The number of carbonyl (C=O) groups excluding carboxylic acids is 1. The predicted octanol–water partition coefficient (Wildman–Crippen LogP) is 3.53. The Morgan fingerprint density at radius 2 is 2.20 bits per heavy atom. The third-order valence-electron chi connectivity index (χ3n) is 2.49. The topological polar surface area (TPSA) is 51.2 Å². The van der Waals surface area contributed by atoms with Gasteiger partial charge in [-0.15, -0.1) is 0 Å². The lowest BCUT2D eigenvalue weighted by atomic mass is 10.2. The average Bonchev–Trinajstić information content (AvgIpc) is 2.41. The van der Waals surface area contributed by atoms with Crippen molar-refractivity contribution in [1.82, 2.24) is 4.98 Å². The van der Waals surface area contributed by atoms with E-state index in [0.29, 0.717) is 12.4 Å². The minimum atomic E-state index is -0.691. The van der Waals surface area contributed by atoms with E-state index in [2.05, 4.69) is 10.3 Å². The number of benzene rings is 1. The molecule has 0 unspecified atom stereocenters. The van der Waals surface area contributed by atoms with Gasteiger partial charge in [-0.1, -0.05) is 17.7 Å². The Morgan fingerprint density at radius 1 is 1.40 bits per heavy atom. The number of aromatic nitrogens is 1. The van der Waals surface area contributed by atoms with Crippen molar-refractivity contribution in [3.8, 4) is 5.75 Å². The van der Waals surface area contributed by atoms with Crippen molar-refractivity contribution in [2.24, 2.45) is 0 Å². The number of hydrogen-bond acceptors (Lipinski definition) is 3.